The number of halogens is 2. The Labute approximate surface area is 133 Å². The van der Waals surface area contributed by atoms with Crippen molar-refractivity contribution in [2.75, 3.05) is 26.4 Å². The van der Waals surface area contributed by atoms with Crippen molar-refractivity contribution in [3.8, 4) is 0 Å². The van der Waals surface area contributed by atoms with Crippen molar-refractivity contribution >= 4 is 23.2 Å². The van der Waals surface area contributed by atoms with Gasteiger partial charge in [0.15, 0.2) is 0 Å². The fourth-order valence-electron chi connectivity index (χ4n) is 1.74. The highest BCUT2D eigenvalue weighted by Crippen LogP contribution is 2.10. The topological polar surface area (TPSA) is 38.7 Å². The molecule has 1 N–H and O–H groups in total. The molecule has 3 atom stereocenters. The summed E-state index contributed by atoms with van der Waals surface area (Å²) >= 11 is 12.1. The molecule has 0 amide bonds. The maximum atomic E-state index is 9.21. The Bertz CT molecular complexity index is 206. The Morgan fingerprint density at radius 2 is 1.50 bits per heavy atom. The fraction of sp³-hybridized carbons (Fsp3) is 1.00. The third kappa shape index (κ3) is 12.2. The highest BCUT2D eigenvalue weighted by Gasteiger charge is 2.09. The smallest absolute Gasteiger partial charge is 0.104 e. The van der Waals surface area contributed by atoms with Crippen LogP contribution in [0.5, 0.6) is 0 Å². The van der Waals surface area contributed by atoms with Crippen molar-refractivity contribution in [3.05, 3.63) is 0 Å². The monoisotopic (exact) mass is 328 g/mol. The molecule has 5 heteroatoms. The van der Waals surface area contributed by atoms with Crippen LogP contribution in [-0.2, 0) is 9.47 Å². The predicted molar refractivity (Wildman–Crippen MR) is 86.0 cm³/mol. The first-order chi connectivity index (χ1) is 9.63. The van der Waals surface area contributed by atoms with Gasteiger partial charge in [-0.15, -0.1) is 23.2 Å². The first kappa shape index (κ1) is 20.5. The summed E-state index contributed by atoms with van der Waals surface area (Å²) in [5.74, 6) is 0. The first-order valence-corrected chi connectivity index (χ1v) is 8.59. The van der Waals surface area contributed by atoms with E-state index in [-0.39, 0.29) is 23.5 Å². The number of aliphatic hydroxyl groups is 1. The lowest BCUT2D eigenvalue weighted by molar-refractivity contribution is -0.0436. The van der Waals surface area contributed by atoms with Crippen molar-refractivity contribution in [1.82, 2.24) is 0 Å². The van der Waals surface area contributed by atoms with Crippen LogP contribution in [0.2, 0.25) is 0 Å². The highest BCUT2D eigenvalue weighted by atomic mass is 35.5. The highest BCUT2D eigenvalue weighted by molar-refractivity contribution is 6.20. The second kappa shape index (κ2) is 14.4. The summed E-state index contributed by atoms with van der Waals surface area (Å²) in [5.41, 5.74) is 0. The van der Waals surface area contributed by atoms with Crippen LogP contribution in [0.25, 0.3) is 0 Å². The second-order valence-corrected chi connectivity index (χ2v) is 6.28. The van der Waals surface area contributed by atoms with Crippen LogP contribution in [0.3, 0.4) is 0 Å². The molecule has 0 spiro atoms. The van der Waals surface area contributed by atoms with E-state index >= 15 is 0 Å². The first-order valence-electron chi connectivity index (χ1n) is 7.72. The minimum Gasteiger partial charge on any atom is -0.394 e. The van der Waals surface area contributed by atoms with Crippen LogP contribution in [-0.4, -0.2) is 48.4 Å². The molecule has 0 fully saturated rings. The molecule has 0 radical (unpaired) electrons. The summed E-state index contributed by atoms with van der Waals surface area (Å²) in [6.07, 6.45) is 5.52. The molecular weight excluding hydrogens is 299 g/mol. The minimum atomic E-state index is -0.233. The lowest BCUT2D eigenvalue weighted by atomic mass is 10.2. The van der Waals surface area contributed by atoms with Gasteiger partial charge >= 0.3 is 0 Å². The molecule has 0 aromatic rings. The van der Waals surface area contributed by atoms with Gasteiger partial charge in [0.1, 0.15) is 6.10 Å². The zero-order chi connectivity index (χ0) is 15.2. The number of hydrogen-bond donors (Lipinski definition) is 1. The molecule has 3 nitrogen and oxygen atoms in total. The van der Waals surface area contributed by atoms with E-state index in [4.69, 9.17) is 32.7 Å². The van der Waals surface area contributed by atoms with Gasteiger partial charge in [-0.25, -0.2) is 0 Å². The summed E-state index contributed by atoms with van der Waals surface area (Å²) in [7, 11) is 0. The standard InChI is InChI=1S/C15H30Cl2O3/c1-3-13(16)7-5-9-19-12-15(11-18)20-10-6-8-14(17)4-2/h13-15,18H,3-12H2,1-2H3. The van der Waals surface area contributed by atoms with Crippen LogP contribution >= 0.6 is 23.2 Å². The van der Waals surface area contributed by atoms with Gasteiger partial charge in [0.05, 0.1) is 13.2 Å². The van der Waals surface area contributed by atoms with Crippen LogP contribution in [0.15, 0.2) is 0 Å². The summed E-state index contributed by atoms with van der Waals surface area (Å²) in [6, 6.07) is 0. The maximum absolute atomic E-state index is 9.21. The molecule has 0 aliphatic heterocycles. The quantitative estimate of drug-likeness (QED) is 0.387. The van der Waals surface area contributed by atoms with E-state index in [2.05, 4.69) is 13.8 Å². The lowest BCUT2D eigenvalue weighted by Gasteiger charge is -2.16. The number of aliphatic hydroxyl groups excluding tert-OH is 1. The molecule has 0 saturated carbocycles. The summed E-state index contributed by atoms with van der Waals surface area (Å²) < 4.78 is 11.1. The summed E-state index contributed by atoms with van der Waals surface area (Å²) in [4.78, 5) is 0. The Balaban J connectivity index is 3.47. The van der Waals surface area contributed by atoms with Crippen molar-refractivity contribution in [3.63, 3.8) is 0 Å². The third-order valence-electron chi connectivity index (χ3n) is 3.21. The SMILES string of the molecule is CCC(Cl)CCCOCC(CO)OCCCC(Cl)CC. The molecule has 0 saturated heterocycles. The molecule has 0 aliphatic carbocycles. The predicted octanol–water partition coefficient (Wildman–Crippen LogP) is 3.98. The Morgan fingerprint density at radius 1 is 0.950 bits per heavy atom. The molecule has 0 heterocycles. The van der Waals surface area contributed by atoms with Crippen LogP contribution in [0.4, 0.5) is 0 Å². The van der Waals surface area contributed by atoms with Gasteiger partial charge in [0, 0.05) is 24.0 Å². The van der Waals surface area contributed by atoms with Gasteiger partial charge in [-0.2, -0.15) is 0 Å². The van der Waals surface area contributed by atoms with Crippen LogP contribution in [0.1, 0.15) is 52.4 Å². The van der Waals surface area contributed by atoms with E-state index in [1.54, 1.807) is 0 Å². The van der Waals surface area contributed by atoms with Crippen molar-refractivity contribution in [2.24, 2.45) is 0 Å². The summed E-state index contributed by atoms with van der Waals surface area (Å²) in [5, 5.41) is 9.68. The van der Waals surface area contributed by atoms with Crippen molar-refractivity contribution in [1.29, 1.82) is 0 Å². The number of ether oxygens (including phenoxy) is 2. The molecular formula is C15H30Cl2O3. The van der Waals surface area contributed by atoms with Gasteiger partial charge < -0.3 is 14.6 Å². The normalized spacial score (nSPS) is 16.1. The van der Waals surface area contributed by atoms with Crippen molar-refractivity contribution < 1.29 is 14.6 Å². The van der Waals surface area contributed by atoms with Crippen LogP contribution in [0, 0.1) is 0 Å². The Hall–Kier alpha value is 0.460. The van der Waals surface area contributed by atoms with Gasteiger partial charge in [0.25, 0.3) is 0 Å². The molecule has 0 aromatic carbocycles. The molecule has 20 heavy (non-hydrogen) atoms. The van der Waals surface area contributed by atoms with Crippen molar-refractivity contribution in [2.45, 2.75) is 69.2 Å². The van der Waals surface area contributed by atoms with E-state index in [9.17, 15) is 5.11 Å². The molecule has 3 unspecified atom stereocenters. The van der Waals surface area contributed by atoms with E-state index in [1.165, 1.54) is 0 Å². The lowest BCUT2D eigenvalue weighted by Crippen LogP contribution is -2.25. The van der Waals surface area contributed by atoms with Gasteiger partial charge in [-0.05, 0) is 38.5 Å². The number of hydrogen-bond acceptors (Lipinski definition) is 3. The van der Waals surface area contributed by atoms with E-state index < -0.39 is 0 Å². The Kier molecular flexibility index (Phi) is 14.7. The van der Waals surface area contributed by atoms with E-state index in [0.717, 1.165) is 38.5 Å². The zero-order valence-corrected chi connectivity index (χ0v) is 14.3. The molecule has 122 valence electrons. The van der Waals surface area contributed by atoms with Crippen LogP contribution < -0.4 is 0 Å². The minimum absolute atomic E-state index is 0.00876. The molecule has 0 rings (SSSR count). The average molecular weight is 329 g/mol. The Morgan fingerprint density at radius 3 is 2.00 bits per heavy atom. The molecule has 0 bridgehead atoms. The van der Waals surface area contributed by atoms with Gasteiger partial charge in [-0.3, -0.25) is 0 Å². The fourth-order valence-corrected chi connectivity index (χ4v) is 2.05. The third-order valence-corrected chi connectivity index (χ3v) is 4.27. The van der Waals surface area contributed by atoms with E-state index in [1.807, 2.05) is 0 Å². The average Bonchev–Trinajstić information content (AvgIpc) is 2.48. The maximum Gasteiger partial charge on any atom is 0.104 e. The summed E-state index contributed by atoms with van der Waals surface area (Å²) in [6.45, 7) is 5.88. The molecule has 0 aromatic heterocycles. The second-order valence-electron chi connectivity index (χ2n) is 5.05. The number of alkyl halides is 2. The van der Waals surface area contributed by atoms with Gasteiger partial charge in [-0.1, -0.05) is 13.8 Å². The zero-order valence-electron chi connectivity index (χ0n) is 12.8. The number of rotatable bonds is 14. The molecule has 0 aliphatic rings. The largest absolute Gasteiger partial charge is 0.394 e. The van der Waals surface area contributed by atoms with E-state index in [0.29, 0.717) is 19.8 Å². The van der Waals surface area contributed by atoms with Gasteiger partial charge in [0.2, 0.25) is 0 Å².